The highest BCUT2D eigenvalue weighted by molar-refractivity contribution is 9.10. The van der Waals surface area contributed by atoms with Crippen molar-refractivity contribution in [2.75, 3.05) is 0 Å². The van der Waals surface area contributed by atoms with Crippen LogP contribution in [0.2, 0.25) is 0 Å². The molecule has 0 atom stereocenters. The van der Waals surface area contributed by atoms with E-state index in [2.05, 4.69) is 69.6 Å². The molecule has 0 saturated carbocycles. The zero-order valence-electron chi connectivity index (χ0n) is 10.6. The number of aromatic nitrogens is 2. The minimum atomic E-state index is 0.955. The molecule has 0 fully saturated rings. The Morgan fingerprint density at radius 1 is 0.850 bits per heavy atom. The van der Waals surface area contributed by atoms with Crippen LogP contribution in [0.25, 0.3) is 27.7 Å². The molecule has 20 heavy (non-hydrogen) atoms. The Hall–Kier alpha value is -2.13. The Labute approximate surface area is 124 Å². The van der Waals surface area contributed by atoms with Gasteiger partial charge in [-0.15, -0.1) is 0 Å². The molecule has 0 N–H and O–H groups in total. The molecule has 0 aliphatic heterocycles. The van der Waals surface area contributed by atoms with Gasteiger partial charge >= 0.3 is 0 Å². The molecule has 4 rings (SSSR count). The molecule has 96 valence electrons. The third kappa shape index (κ3) is 1.91. The van der Waals surface area contributed by atoms with Gasteiger partial charge in [0, 0.05) is 22.4 Å². The molecular weight excluding hydrogens is 312 g/mol. The minimum absolute atomic E-state index is 0.955. The Morgan fingerprint density at radius 2 is 1.70 bits per heavy atom. The second-order valence-corrected chi connectivity index (χ2v) is 5.72. The van der Waals surface area contributed by atoms with Crippen molar-refractivity contribution in [2.45, 2.75) is 0 Å². The van der Waals surface area contributed by atoms with E-state index in [1.807, 2.05) is 22.7 Å². The number of imidazole rings is 1. The first kappa shape index (κ1) is 11.7. The van der Waals surface area contributed by atoms with E-state index in [-0.39, 0.29) is 0 Å². The molecule has 0 aliphatic rings. The Balaban J connectivity index is 1.91. The van der Waals surface area contributed by atoms with Crippen LogP contribution in [0.4, 0.5) is 0 Å². The molecule has 0 unspecified atom stereocenters. The van der Waals surface area contributed by atoms with Crippen LogP contribution >= 0.6 is 15.9 Å². The van der Waals surface area contributed by atoms with E-state index in [4.69, 9.17) is 0 Å². The largest absolute Gasteiger partial charge is 0.305 e. The van der Waals surface area contributed by atoms with Gasteiger partial charge in [-0.25, -0.2) is 4.98 Å². The third-order valence-electron chi connectivity index (χ3n) is 3.46. The SMILES string of the molecule is Brc1ccc2nc(-c3ccc4ccccc4c3)cn2c1. The molecule has 0 spiro atoms. The smallest absolute Gasteiger partial charge is 0.137 e. The summed E-state index contributed by atoms with van der Waals surface area (Å²) in [5.74, 6) is 0. The molecule has 0 amide bonds. The summed E-state index contributed by atoms with van der Waals surface area (Å²) in [5.41, 5.74) is 3.09. The van der Waals surface area contributed by atoms with E-state index >= 15 is 0 Å². The lowest BCUT2D eigenvalue weighted by Crippen LogP contribution is -1.80. The quantitative estimate of drug-likeness (QED) is 0.486. The van der Waals surface area contributed by atoms with E-state index in [1.165, 1.54) is 10.8 Å². The van der Waals surface area contributed by atoms with Gasteiger partial charge in [0.25, 0.3) is 0 Å². The van der Waals surface area contributed by atoms with Gasteiger partial charge in [-0.1, -0.05) is 36.4 Å². The Bertz CT molecular complexity index is 924. The standard InChI is InChI=1S/C17H11BrN2/c18-15-7-8-17-19-16(11-20(17)10-15)14-6-5-12-3-1-2-4-13(12)9-14/h1-11H. The molecule has 3 heteroatoms. The third-order valence-corrected chi connectivity index (χ3v) is 3.93. The van der Waals surface area contributed by atoms with Crippen LogP contribution in [0.1, 0.15) is 0 Å². The van der Waals surface area contributed by atoms with E-state index < -0.39 is 0 Å². The highest BCUT2D eigenvalue weighted by atomic mass is 79.9. The summed E-state index contributed by atoms with van der Waals surface area (Å²) in [6.07, 6.45) is 4.08. The number of halogens is 1. The second kappa shape index (κ2) is 4.46. The Kier molecular flexibility index (Phi) is 2.60. The van der Waals surface area contributed by atoms with E-state index in [1.54, 1.807) is 0 Å². The van der Waals surface area contributed by atoms with Crippen molar-refractivity contribution in [2.24, 2.45) is 0 Å². The normalized spacial score (nSPS) is 11.2. The van der Waals surface area contributed by atoms with E-state index in [0.717, 1.165) is 21.4 Å². The maximum absolute atomic E-state index is 4.67. The van der Waals surface area contributed by atoms with Gasteiger partial charge in [-0.2, -0.15) is 0 Å². The predicted molar refractivity (Wildman–Crippen MR) is 85.8 cm³/mol. The van der Waals surface area contributed by atoms with Gasteiger partial charge in [0.15, 0.2) is 0 Å². The summed E-state index contributed by atoms with van der Waals surface area (Å²) >= 11 is 3.48. The van der Waals surface area contributed by atoms with Crippen molar-refractivity contribution in [3.8, 4) is 11.3 Å². The van der Waals surface area contributed by atoms with E-state index in [9.17, 15) is 0 Å². The highest BCUT2D eigenvalue weighted by Crippen LogP contribution is 2.24. The maximum atomic E-state index is 4.67. The molecule has 2 aromatic carbocycles. The van der Waals surface area contributed by atoms with Crippen LogP contribution in [-0.2, 0) is 0 Å². The number of pyridine rings is 1. The van der Waals surface area contributed by atoms with Gasteiger partial charge in [0.1, 0.15) is 5.65 Å². The van der Waals surface area contributed by atoms with Gasteiger partial charge in [0.2, 0.25) is 0 Å². The van der Waals surface area contributed by atoms with Crippen molar-refractivity contribution in [1.29, 1.82) is 0 Å². The number of hydrogen-bond donors (Lipinski definition) is 0. The number of hydrogen-bond acceptors (Lipinski definition) is 1. The monoisotopic (exact) mass is 322 g/mol. The summed E-state index contributed by atoms with van der Waals surface area (Å²) in [6, 6.07) is 18.8. The van der Waals surface area contributed by atoms with E-state index in [0.29, 0.717) is 0 Å². The maximum Gasteiger partial charge on any atom is 0.137 e. The second-order valence-electron chi connectivity index (χ2n) is 4.80. The van der Waals surface area contributed by atoms with Crippen molar-refractivity contribution < 1.29 is 0 Å². The molecule has 0 radical (unpaired) electrons. The lowest BCUT2D eigenvalue weighted by atomic mass is 10.1. The molecule has 2 aromatic heterocycles. The predicted octanol–water partition coefficient (Wildman–Crippen LogP) is 4.92. The van der Waals surface area contributed by atoms with Crippen molar-refractivity contribution in [3.63, 3.8) is 0 Å². The van der Waals surface area contributed by atoms with Crippen LogP contribution in [0.5, 0.6) is 0 Å². The average Bonchev–Trinajstić information content (AvgIpc) is 2.89. The van der Waals surface area contributed by atoms with Crippen molar-refractivity contribution in [1.82, 2.24) is 9.38 Å². The van der Waals surface area contributed by atoms with Gasteiger partial charge in [-0.05, 0) is 44.9 Å². The van der Waals surface area contributed by atoms with Crippen molar-refractivity contribution in [3.05, 3.63) is 71.5 Å². The minimum Gasteiger partial charge on any atom is -0.305 e. The van der Waals surface area contributed by atoms with Crippen molar-refractivity contribution >= 4 is 32.3 Å². The zero-order valence-corrected chi connectivity index (χ0v) is 12.2. The molecule has 0 bridgehead atoms. The molecule has 4 aromatic rings. The lowest BCUT2D eigenvalue weighted by Gasteiger charge is -2.00. The topological polar surface area (TPSA) is 17.3 Å². The van der Waals surface area contributed by atoms with Gasteiger partial charge in [-0.3, -0.25) is 0 Å². The van der Waals surface area contributed by atoms with Gasteiger partial charge < -0.3 is 4.40 Å². The molecule has 0 aliphatic carbocycles. The average molecular weight is 323 g/mol. The molecule has 0 saturated heterocycles. The first-order chi connectivity index (χ1) is 9.79. The van der Waals surface area contributed by atoms with Crippen LogP contribution in [0, 0.1) is 0 Å². The molecule has 2 heterocycles. The van der Waals surface area contributed by atoms with Crippen LogP contribution in [0.15, 0.2) is 71.5 Å². The van der Waals surface area contributed by atoms with Crippen LogP contribution in [0.3, 0.4) is 0 Å². The van der Waals surface area contributed by atoms with Gasteiger partial charge in [0.05, 0.1) is 5.69 Å². The highest BCUT2D eigenvalue weighted by Gasteiger charge is 2.05. The summed E-state index contributed by atoms with van der Waals surface area (Å²) < 4.78 is 3.08. The fourth-order valence-electron chi connectivity index (χ4n) is 2.45. The summed E-state index contributed by atoms with van der Waals surface area (Å²) in [4.78, 5) is 4.67. The zero-order chi connectivity index (χ0) is 13.5. The first-order valence-corrected chi connectivity index (χ1v) is 7.22. The lowest BCUT2D eigenvalue weighted by molar-refractivity contribution is 1.17. The number of fused-ring (bicyclic) bond motifs is 2. The van der Waals surface area contributed by atoms with Crippen LogP contribution in [-0.4, -0.2) is 9.38 Å². The number of benzene rings is 2. The molecular formula is C17H11BrN2. The number of nitrogens with zero attached hydrogens (tertiary/aromatic N) is 2. The first-order valence-electron chi connectivity index (χ1n) is 6.43. The molecule has 2 nitrogen and oxygen atoms in total. The summed E-state index contributed by atoms with van der Waals surface area (Å²) in [7, 11) is 0. The van der Waals surface area contributed by atoms with Crippen LogP contribution < -0.4 is 0 Å². The number of rotatable bonds is 1. The fraction of sp³-hybridized carbons (Fsp3) is 0. The summed E-state index contributed by atoms with van der Waals surface area (Å²) in [6.45, 7) is 0. The Morgan fingerprint density at radius 3 is 2.60 bits per heavy atom. The summed E-state index contributed by atoms with van der Waals surface area (Å²) in [5, 5.41) is 2.49. The fourth-order valence-corrected chi connectivity index (χ4v) is 2.81.